The largest absolute Gasteiger partial charge is 0.332 e. The number of rotatable bonds is 8. The SMILES string of the molecule is CCC(C)N(CC(=O)N(Cc1ccc(F)cc1)Cc1sccc1C)C(C)=O. The minimum atomic E-state index is -0.301. The molecule has 0 saturated heterocycles. The minimum absolute atomic E-state index is 0.00240. The fourth-order valence-electron chi connectivity index (χ4n) is 2.83. The van der Waals surface area contributed by atoms with Crippen molar-refractivity contribution < 1.29 is 14.0 Å². The van der Waals surface area contributed by atoms with Gasteiger partial charge in [-0.2, -0.15) is 0 Å². The van der Waals surface area contributed by atoms with E-state index in [-0.39, 0.29) is 30.2 Å². The third-order valence-electron chi connectivity index (χ3n) is 4.77. The van der Waals surface area contributed by atoms with Crippen molar-refractivity contribution in [3.8, 4) is 0 Å². The molecule has 2 amide bonds. The maximum absolute atomic E-state index is 13.2. The lowest BCUT2D eigenvalue weighted by Crippen LogP contribution is -2.45. The van der Waals surface area contributed by atoms with Crippen LogP contribution in [-0.2, 0) is 22.7 Å². The molecular formula is C21H27FN2O2S. The molecule has 0 radical (unpaired) electrons. The lowest BCUT2D eigenvalue weighted by Gasteiger charge is -2.30. The number of aryl methyl sites for hydroxylation is 1. The molecule has 1 aromatic carbocycles. The number of carbonyl (C=O) groups is 2. The van der Waals surface area contributed by atoms with Crippen molar-refractivity contribution in [2.45, 2.75) is 53.2 Å². The topological polar surface area (TPSA) is 40.6 Å². The van der Waals surface area contributed by atoms with Gasteiger partial charge in [-0.05, 0) is 55.0 Å². The molecule has 4 nitrogen and oxygen atoms in total. The molecule has 1 unspecified atom stereocenters. The molecule has 2 rings (SSSR count). The first-order valence-corrected chi connectivity index (χ1v) is 10.0. The van der Waals surface area contributed by atoms with Crippen LogP contribution in [0.3, 0.4) is 0 Å². The minimum Gasteiger partial charge on any atom is -0.332 e. The molecule has 146 valence electrons. The number of hydrogen-bond acceptors (Lipinski definition) is 3. The van der Waals surface area contributed by atoms with E-state index < -0.39 is 0 Å². The van der Waals surface area contributed by atoms with Gasteiger partial charge in [0.15, 0.2) is 0 Å². The highest BCUT2D eigenvalue weighted by atomic mass is 32.1. The first-order chi connectivity index (χ1) is 12.8. The molecular weight excluding hydrogens is 363 g/mol. The Morgan fingerprint density at radius 1 is 1.15 bits per heavy atom. The van der Waals surface area contributed by atoms with Crippen LogP contribution in [0.1, 0.15) is 43.2 Å². The van der Waals surface area contributed by atoms with Gasteiger partial charge in [-0.15, -0.1) is 11.3 Å². The van der Waals surface area contributed by atoms with Crippen LogP contribution in [0.2, 0.25) is 0 Å². The molecule has 0 fully saturated rings. The Bertz CT molecular complexity index is 773. The van der Waals surface area contributed by atoms with Gasteiger partial charge in [0.25, 0.3) is 0 Å². The number of benzene rings is 1. The summed E-state index contributed by atoms with van der Waals surface area (Å²) in [6.07, 6.45) is 0.787. The zero-order valence-corrected chi connectivity index (χ0v) is 17.2. The van der Waals surface area contributed by atoms with E-state index in [9.17, 15) is 14.0 Å². The van der Waals surface area contributed by atoms with Gasteiger partial charge < -0.3 is 9.80 Å². The van der Waals surface area contributed by atoms with E-state index in [0.29, 0.717) is 13.1 Å². The molecule has 0 bridgehead atoms. The van der Waals surface area contributed by atoms with Crippen molar-refractivity contribution in [3.05, 3.63) is 57.5 Å². The van der Waals surface area contributed by atoms with Crippen molar-refractivity contribution in [1.29, 1.82) is 0 Å². The highest BCUT2D eigenvalue weighted by Gasteiger charge is 2.23. The van der Waals surface area contributed by atoms with Crippen LogP contribution in [0.5, 0.6) is 0 Å². The average Bonchev–Trinajstić information content (AvgIpc) is 3.04. The smallest absolute Gasteiger partial charge is 0.242 e. The Labute approximate surface area is 164 Å². The highest BCUT2D eigenvalue weighted by molar-refractivity contribution is 7.10. The standard InChI is InChI=1S/C21H27FN2O2S/c1-5-16(3)24(17(4)25)14-21(26)23(13-20-15(2)10-11-27-20)12-18-6-8-19(22)9-7-18/h6-11,16H,5,12-14H2,1-4H3. The van der Waals surface area contributed by atoms with Crippen molar-refractivity contribution >= 4 is 23.2 Å². The molecule has 0 saturated carbocycles. The Morgan fingerprint density at radius 3 is 2.33 bits per heavy atom. The van der Waals surface area contributed by atoms with E-state index >= 15 is 0 Å². The van der Waals surface area contributed by atoms with Crippen molar-refractivity contribution in [3.63, 3.8) is 0 Å². The first-order valence-electron chi connectivity index (χ1n) is 9.14. The molecule has 0 N–H and O–H groups in total. The summed E-state index contributed by atoms with van der Waals surface area (Å²) in [5.74, 6) is -0.514. The number of halogens is 1. The monoisotopic (exact) mass is 390 g/mol. The fraction of sp³-hybridized carbons (Fsp3) is 0.429. The van der Waals surface area contributed by atoms with E-state index in [1.165, 1.54) is 19.1 Å². The summed E-state index contributed by atoms with van der Waals surface area (Å²) in [5.41, 5.74) is 2.00. The van der Waals surface area contributed by atoms with Crippen molar-refractivity contribution in [2.75, 3.05) is 6.54 Å². The number of nitrogens with zero attached hydrogens (tertiary/aromatic N) is 2. The second kappa shape index (κ2) is 9.65. The van der Waals surface area contributed by atoms with Gasteiger partial charge in [0, 0.05) is 24.4 Å². The van der Waals surface area contributed by atoms with Crippen molar-refractivity contribution in [2.24, 2.45) is 0 Å². The van der Waals surface area contributed by atoms with Gasteiger partial charge in [-0.1, -0.05) is 19.1 Å². The Kier molecular flexibility index (Phi) is 7.54. The van der Waals surface area contributed by atoms with Crippen LogP contribution in [0.15, 0.2) is 35.7 Å². The molecule has 0 spiro atoms. The van der Waals surface area contributed by atoms with Gasteiger partial charge >= 0.3 is 0 Å². The fourth-order valence-corrected chi connectivity index (χ4v) is 3.75. The molecule has 1 atom stereocenters. The lowest BCUT2D eigenvalue weighted by atomic mass is 10.2. The van der Waals surface area contributed by atoms with Gasteiger partial charge in [0.1, 0.15) is 5.82 Å². The highest BCUT2D eigenvalue weighted by Crippen LogP contribution is 2.20. The quantitative estimate of drug-likeness (QED) is 0.671. The van der Waals surface area contributed by atoms with E-state index in [2.05, 4.69) is 0 Å². The third-order valence-corrected chi connectivity index (χ3v) is 5.78. The van der Waals surface area contributed by atoms with E-state index in [1.54, 1.807) is 33.3 Å². The van der Waals surface area contributed by atoms with Crippen LogP contribution in [0.4, 0.5) is 4.39 Å². The second-order valence-electron chi connectivity index (χ2n) is 6.81. The van der Waals surface area contributed by atoms with E-state index in [4.69, 9.17) is 0 Å². The summed E-state index contributed by atoms with van der Waals surface area (Å²) in [4.78, 5) is 29.5. The summed E-state index contributed by atoms with van der Waals surface area (Å²) in [6, 6.07) is 8.21. The molecule has 1 aromatic heterocycles. The zero-order chi connectivity index (χ0) is 20.0. The third kappa shape index (κ3) is 5.89. The van der Waals surface area contributed by atoms with Crippen LogP contribution in [0.25, 0.3) is 0 Å². The summed E-state index contributed by atoms with van der Waals surface area (Å²) < 4.78 is 13.2. The van der Waals surface area contributed by atoms with Gasteiger partial charge in [-0.3, -0.25) is 9.59 Å². The number of hydrogen-bond donors (Lipinski definition) is 0. The molecule has 0 aliphatic rings. The Morgan fingerprint density at radius 2 is 1.81 bits per heavy atom. The Hall–Kier alpha value is -2.21. The van der Waals surface area contributed by atoms with Gasteiger partial charge in [0.2, 0.25) is 11.8 Å². The predicted octanol–water partition coefficient (Wildman–Crippen LogP) is 4.37. The maximum Gasteiger partial charge on any atom is 0.242 e. The normalized spacial score (nSPS) is 11.9. The first kappa shape index (κ1) is 21.1. The summed E-state index contributed by atoms with van der Waals surface area (Å²) in [6.45, 7) is 8.37. The molecule has 0 aliphatic carbocycles. The van der Waals surface area contributed by atoms with Crippen LogP contribution in [0, 0.1) is 12.7 Å². The van der Waals surface area contributed by atoms with Crippen molar-refractivity contribution in [1.82, 2.24) is 9.80 Å². The van der Waals surface area contributed by atoms with E-state index in [1.807, 2.05) is 32.2 Å². The number of carbonyl (C=O) groups excluding carboxylic acids is 2. The summed E-state index contributed by atoms with van der Waals surface area (Å²) in [7, 11) is 0. The average molecular weight is 391 g/mol. The van der Waals surface area contributed by atoms with Crippen LogP contribution in [-0.4, -0.2) is 34.2 Å². The summed E-state index contributed by atoms with van der Waals surface area (Å²) >= 11 is 1.61. The van der Waals surface area contributed by atoms with Crippen LogP contribution < -0.4 is 0 Å². The number of amides is 2. The number of thiophene rings is 1. The molecule has 0 aliphatic heterocycles. The Balaban J connectivity index is 2.21. The molecule has 27 heavy (non-hydrogen) atoms. The second-order valence-corrected chi connectivity index (χ2v) is 7.81. The van der Waals surface area contributed by atoms with Gasteiger partial charge in [0.05, 0.1) is 13.1 Å². The van der Waals surface area contributed by atoms with Gasteiger partial charge in [-0.25, -0.2) is 4.39 Å². The van der Waals surface area contributed by atoms with E-state index in [0.717, 1.165) is 22.4 Å². The lowest BCUT2D eigenvalue weighted by molar-refractivity contribution is -0.141. The zero-order valence-electron chi connectivity index (χ0n) is 16.4. The van der Waals surface area contributed by atoms with Crippen LogP contribution >= 0.6 is 11.3 Å². The maximum atomic E-state index is 13.2. The summed E-state index contributed by atoms with van der Waals surface area (Å²) in [5, 5.41) is 2.01. The molecule has 6 heteroatoms. The molecule has 1 heterocycles. The molecule has 2 aromatic rings. The predicted molar refractivity (Wildman–Crippen MR) is 107 cm³/mol.